The van der Waals surface area contributed by atoms with E-state index in [0.717, 1.165) is 25.9 Å². The van der Waals surface area contributed by atoms with Crippen molar-refractivity contribution < 1.29 is 9.72 Å². The first kappa shape index (κ1) is 15.4. The van der Waals surface area contributed by atoms with Crippen LogP contribution in [0.3, 0.4) is 0 Å². The molecule has 1 aromatic carbocycles. The number of carbonyl (C=O) groups is 1. The van der Waals surface area contributed by atoms with E-state index >= 15 is 0 Å². The lowest BCUT2D eigenvalue weighted by Gasteiger charge is -2.32. The standard InChI is InChI=1S/C15H21N3O3/c1-11-5-6-13(8-14(11)18(20)21)15(19)17-7-3-4-12(10-17)9-16-2/h5-6,8,12,16H,3-4,7,9-10H2,1-2H3. The molecule has 21 heavy (non-hydrogen) atoms. The first-order valence-corrected chi connectivity index (χ1v) is 7.22. The number of carbonyl (C=O) groups excluding carboxylic acids is 1. The first-order chi connectivity index (χ1) is 10.0. The number of rotatable bonds is 4. The second-order valence-corrected chi connectivity index (χ2v) is 5.58. The summed E-state index contributed by atoms with van der Waals surface area (Å²) in [6.07, 6.45) is 2.09. The van der Waals surface area contributed by atoms with Gasteiger partial charge in [-0.25, -0.2) is 0 Å². The van der Waals surface area contributed by atoms with Crippen LogP contribution < -0.4 is 5.32 Å². The highest BCUT2D eigenvalue weighted by molar-refractivity contribution is 5.95. The molecule has 0 spiro atoms. The highest BCUT2D eigenvalue weighted by Gasteiger charge is 2.25. The Bertz CT molecular complexity index is 543. The zero-order valence-electron chi connectivity index (χ0n) is 12.5. The average molecular weight is 291 g/mol. The van der Waals surface area contributed by atoms with Crippen LogP contribution in [0, 0.1) is 23.0 Å². The van der Waals surface area contributed by atoms with Gasteiger partial charge in [-0.2, -0.15) is 0 Å². The quantitative estimate of drug-likeness (QED) is 0.680. The Morgan fingerprint density at radius 2 is 2.29 bits per heavy atom. The van der Waals surface area contributed by atoms with Crippen molar-refractivity contribution in [1.82, 2.24) is 10.2 Å². The van der Waals surface area contributed by atoms with Crippen molar-refractivity contribution >= 4 is 11.6 Å². The van der Waals surface area contributed by atoms with Crippen molar-refractivity contribution in [3.63, 3.8) is 0 Å². The van der Waals surface area contributed by atoms with Gasteiger partial charge in [-0.1, -0.05) is 6.07 Å². The summed E-state index contributed by atoms with van der Waals surface area (Å²) in [6.45, 7) is 4.00. The summed E-state index contributed by atoms with van der Waals surface area (Å²) in [5.41, 5.74) is 0.977. The molecular weight excluding hydrogens is 270 g/mol. The van der Waals surface area contributed by atoms with Gasteiger partial charge in [-0.05, 0) is 45.3 Å². The van der Waals surface area contributed by atoms with Crippen LogP contribution in [0.25, 0.3) is 0 Å². The van der Waals surface area contributed by atoms with E-state index in [2.05, 4.69) is 5.32 Å². The Hall–Kier alpha value is -1.95. The topological polar surface area (TPSA) is 75.5 Å². The van der Waals surface area contributed by atoms with Gasteiger partial charge in [-0.3, -0.25) is 14.9 Å². The molecule has 0 saturated carbocycles. The third-order valence-corrected chi connectivity index (χ3v) is 3.95. The summed E-state index contributed by atoms with van der Waals surface area (Å²) in [5, 5.41) is 14.1. The minimum atomic E-state index is -0.438. The van der Waals surface area contributed by atoms with Crippen LogP contribution in [-0.4, -0.2) is 42.4 Å². The number of nitro groups is 1. The molecule has 114 valence electrons. The lowest BCUT2D eigenvalue weighted by Crippen LogP contribution is -2.42. The summed E-state index contributed by atoms with van der Waals surface area (Å²) >= 11 is 0. The first-order valence-electron chi connectivity index (χ1n) is 7.22. The molecule has 1 aliphatic rings. The fourth-order valence-electron chi connectivity index (χ4n) is 2.83. The Kier molecular flexibility index (Phi) is 4.90. The van der Waals surface area contributed by atoms with Crippen molar-refractivity contribution in [3.05, 3.63) is 39.4 Å². The van der Waals surface area contributed by atoms with Crippen LogP contribution in [-0.2, 0) is 0 Å². The Balaban J connectivity index is 2.16. The molecule has 1 saturated heterocycles. The van der Waals surface area contributed by atoms with Gasteiger partial charge < -0.3 is 10.2 Å². The Labute approximate surface area is 124 Å². The van der Waals surface area contributed by atoms with Gasteiger partial charge in [0.05, 0.1) is 4.92 Å². The zero-order valence-corrected chi connectivity index (χ0v) is 12.5. The van der Waals surface area contributed by atoms with E-state index in [1.165, 1.54) is 6.07 Å². The highest BCUT2D eigenvalue weighted by Crippen LogP contribution is 2.22. The molecule has 1 amide bonds. The van der Waals surface area contributed by atoms with Crippen molar-refractivity contribution in [3.8, 4) is 0 Å². The monoisotopic (exact) mass is 291 g/mol. The van der Waals surface area contributed by atoms with Gasteiger partial charge in [0.25, 0.3) is 11.6 Å². The van der Waals surface area contributed by atoms with E-state index in [9.17, 15) is 14.9 Å². The van der Waals surface area contributed by atoms with E-state index in [1.54, 1.807) is 24.0 Å². The fourth-order valence-corrected chi connectivity index (χ4v) is 2.83. The minimum Gasteiger partial charge on any atom is -0.338 e. The zero-order chi connectivity index (χ0) is 15.4. The van der Waals surface area contributed by atoms with Crippen LogP contribution >= 0.6 is 0 Å². The number of hydrogen-bond donors (Lipinski definition) is 1. The molecule has 1 atom stereocenters. The number of nitrogens with zero attached hydrogens (tertiary/aromatic N) is 2. The predicted octanol–water partition coefficient (Wildman–Crippen LogP) is 1.97. The molecule has 0 bridgehead atoms. The molecule has 1 aliphatic heterocycles. The van der Waals surface area contributed by atoms with Crippen molar-refractivity contribution in [1.29, 1.82) is 0 Å². The van der Waals surface area contributed by atoms with Crippen molar-refractivity contribution in [2.75, 3.05) is 26.7 Å². The summed E-state index contributed by atoms with van der Waals surface area (Å²) in [7, 11) is 1.91. The average Bonchev–Trinajstić information content (AvgIpc) is 2.47. The summed E-state index contributed by atoms with van der Waals surface area (Å²) in [4.78, 5) is 24.9. The van der Waals surface area contributed by atoms with Crippen LogP contribution in [0.5, 0.6) is 0 Å². The van der Waals surface area contributed by atoms with Crippen LogP contribution in [0.2, 0.25) is 0 Å². The Morgan fingerprint density at radius 1 is 1.52 bits per heavy atom. The lowest BCUT2D eigenvalue weighted by atomic mass is 9.97. The van der Waals surface area contributed by atoms with E-state index in [0.29, 0.717) is 23.6 Å². The summed E-state index contributed by atoms with van der Waals surface area (Å²) < 4.78 is 0. The molecule has 1 N–H and O–H groups in total. The van der Waals surface area contributed by atoms with Crippen LogP contribution in [0.15, 0.2) is 18.2 Å². The predicted molar refractivity (Wildman–Crippen MR) is 80.4 cm³/mol. The van der Waals surface area contributed by atoms with Gasteiger partial charge in [-0.15, -0.1) is 0 Å². The van der Waals surface area contributed by atoms with Gasteiger partial charge >= 0.3 is 0 Å². The molecular formula is C15H21N3O3. The second-order valence-electron chi connectivity index (χ2n) is 5.58. The summed E-state index contributed by atoms with van der Waals surface area (Å²) in [6, 6.07) is 4.70. The molecule has 0 radical (unpaired) electrons. The van der Waals surface area contributed by atoms with E-state index in [-0.39, 0.29) is 11.6 Å². The largest absolute Gasteiger partial charge is 0.338 e. The summed E-state index contributed by atoms with van der Waals surface area (Å²) in [5.74, 6) is 0.340. The normalized spacial score (nSPS) is 18.6. The third-order valence-electron chi connectivity index (χ3n) is 3.95. The molecule has 0 aromatic heterocycles. The van der Waals surface area contributed by atoms with Gasteiger partial charge in [0.15, 0.2) is 0 Å². The van der Waals surface area contributed by atoms with Crippen molar-refractivity contribution in [2.45, 2.75) is 19.8 Å². The fraction of sp³-hybridized carbons (Fsp3) is 0.533. The van der Waals surface area contributed by atoms with E-state index < -0.39 is 4.92 Å². The number of nitro benzene ring substituents is 1. The lowest BCUT2D eigenvalue weighted by molar-refractivity contribution is -0.385. The van der Waals surface area contributed by atoms with E-state index in [1.807, 2.05) is 7.05 Å². The number of nitrogens with one attached hydrogen (secondary N) is 1. The maximum atomic E-state index is 12.5. The second kappa shape index (κ2) is 6.67. The highest BCUT2D eigenvalue weighted by atomic mass is 16.6. The smallest absolute Gasteiger partial charge is 0.273 e. The molecule has 1 fully saturated rings. The molecule has 0 aliphatic carbocycles. The Morgan fingerprint density at radius 3 is 2.95 bits per heavy atom. The van der Waals surface area contributed by atoms with Crippen LogP contribution in [0.4, 0.5) is 5.69 Å². The van der Waals surface area contributed by atoms with E-state index in [4.69, 9.17) is 0 Å². The molecule has 2 rings (SSSR count). The molecule has 6 heteroatoms. The SMILES string of the molecule is CNCC1CCCN(C(=O)c2ccc(C)c([N+](=O)[O-])c2)C1. The van der Waals surface area contributed by atoms with Crippen LogP contribution in [0.1, 0.15) is 28.8 Å². The van der Waals surface area contributed by atoms with Gasteiger partial charge in [0.2, 0.25) is 0 Å². The third kappa shape index (κ3) is 3.58. The van der Waals surface area contributed by atoms with Gasteiger partial charge in [0, 0.05) is 30.3 Å². The molecule has 6 nitrogen and oxygen atoms in total. The van der Waals surface area contributed by atoms with Crippen molar-refractivity contribution in [2.24, 2.45) is 5.92 Å². The number of piperidine rings is 1. The maximum absolute atomic E-state index is 12.5. The minimum absolute atomic E-state index is 0.00429. The number of amides is 1. The maximum Gasteiger partial charge on any atom is 0.273 e. The molecule has 1 unspecified atom stereocenters. The number of aryl methyl sites for hydroxylation is 1. The number of hydrogen-bond acceptors (Lipinski definition) is 4. The molecule has 1 aromatic rings. The molecule has 1 heterocycles. The van der Waals surface area contributed by atoms with Gasteiger partial charge in [0.1, 0.15) is 0 Å². The number of likely N-dealkylation sites (tertiary alicyclic amines) is 1. The number of benzene rings is 1.